The molecular weight excluding hydrogens is 486 g/mol. The topological polar surface area (TPSA) is 96.0 Å². The normalized spacial score (nSPS) is 12.7. The fourth-order valence-corrected chi connectivity index (χ4v) is 5.35. The smallest absolute Gasteiger partial charge is 0.307 e. The van der Waals surface area contributed by atoms with Gasteiger partial charge in [0.2, 0.25) is 0 Å². The van der Waals surface area contributed by atoms with E-state index in [-0.39, 0.29) is 18.2 Å². The highest BCUT2D eigenvalue weighted by Crippen LogP contribution is 2.38. The van der Waals surface area contributed by atoms with E-state index in [9.17, 15) is 14.7 Å². The molecular formula is C33H29N3O3. The quantitative estimate of drug-likeness (QED) is 0.214. The molecule has 0 fully saturated rings. The molecule has 2 heterocycles. The van der Waals surface area contributed by atoms with Gasteiger partial charge >= 0.3 is 5.97 Å². The third-order valence-electron chi connectivity index (χ3n) is 6.99. The van der Waals surface area contributed by atoms with Crippen LogP contribution in [0.3, 0.4) is 0 Å². The van der Waals surface area contributed by atoms with E-state index in [0.717, 1.165) is 44.4 Å². The summed E-state index contributed by atoms with van der Waals surface area (Å²) in [5.41, 5.74) is 6.46. The SMILES string of the molecule is CC(=N)C(C(C)=O)c1ccc2c(-c3cccc(CC(=O)O)c3)cn(C(c3ccccc3)c3ccccn3)c2c1. The van der Waals surface area contributed by atoms with Gasteiger partial charge in [-0.15, -0.1) is 0 Å². The van der Waals surface area contributed by atoms with E-state index in [4.69, 9.17) is 10.4 Å². The van der Waals surface area contributed by atoms with E-state index in [1.54, 1.807) is 13.1 Å². The van der Waals surface area contributed by atoms with Crippen molar-refractivity contribution in [2.45, 2.75) is 32.2 Å². The lowest BCUT2D eigenvalue weighted by atomic mass is 9.90. The molecule has 5 aromatic rings. The average Bonchev–Trinajstić information content (AvgIpc) is 3.28. The first-order chi connectivity index (χ1) is 18.8. The highest BCUT2D eigenvalue weighted by Gasteiger charge is 2.25. The molecule has 6 heteroatoms. The van der Waals surface area contributed by atoms with Gasteiger partial charge in [0.1, 0.15) is 11.8 Å². The predicted octanol–water partition coefficient (Wildman–Crippen LogP) is 6.68. The molecule has 0 bridgehead atoms. The third-order valence-corrected chi connectivity index (χ3v) is 6.99. The van der Waals surface area contributed by atoms with Crippen LogP contribution in [-0.2, 0) is 16.0 Å². The largest absolute Gasteiger partial charge is 0.481 e. The Hall–Kier alpha value is -4.84. The second kappa shape index (κ2) is 10.9. The number of pyridine rings is 1. The lowest BCUT2D eigenvalue weighted by Gasteiger charge is -2.21. The number of nitrogens with one attached hydrogen (secondary N) is 1. The molecule has 2 aromatic heterocycles. The van der Waals surface area contributed by atoms with E-state index in [0.29, 0.717) is 5.71 Å². The number of aliphatic carboxylic acids is 1. The summed E-state index contributed by atoms with van der Waals surface area (Å²) < 4.78 is 2.17. The van der Waals surface area contributed by atoms with Crippen molar-refractivity contribution in [1.82, 2.24) is 9.55 Å². The van der Waals surface area contributed by atoms with E-state index in [1.165, 1.54) is 6.92 Å². The van der Waals surface area contributed by atoms with Crippen LogP contribution in [0.15, 0.2) is 103 Å². The molecule has 2 unspecified atom stereocenters. The van der Waals surface area contributed by atoms with Crippen molar-refractivity contribution in [1.29, 1.82) is 5.41 Å². The number of rotatable bonds is 9. The summed E-state index contributed by atoms with van der Waals surface area (Å²) in [7, 11) is 0. The van der Waals surface area contributed by atoms with E-state index >= 15 is 0 Å². The molecule has 6 nitrogen and oxygen atoms in total. The zero-order valence-electron chi connectivity index (χ0n) is 21.8. The van der Waals surface area contributed by atoms with Crippen molar-refractivity contribution in [2.75, 3.05) is 0 Å². The number of carboxylic acid groups (broad SMARTS) is 1. The van der Waals surface area contributed by atoms with Crippen LogP contribution < -0.4 is 0 Å². The first-order valence-electron chi connectivity index (χ1n) is 12.8. The molecule has 5 rings (SSSR count). The molecule has 0 radical (unpaired) electrons. The first-order valence-corrected chi connectivity index (χ1v) is 12.8. The van der Waals surface area contributed by atoms with Gasteiger partial charge < -0.3 is 15.1 Å². The highest BCUT2D eigenvalue weighted by molar-refractivity contribution is 6.08. The van der Waals surface area contributed by atoms with Gasteiger partial charge in [-0.3, -0.25) is 14.6 Å². The number of Topliss-reactive ketones (excluding diaryl/α,β-unsaturated/α-hetero) is 1. The minimum absolute atomic E-state index is 0.0594. The summed E-state index contributed by atoms with van der Waals surface area (Å²) in [5, 5.41) is 18.6. The number of hydrogen-bond donors (Lipinski definition) is 2. The van der Waals surface area contributed by atoms with Gasteiger partial charge in [0.05, 0.1) is 18.0 Å². The Morgan fingerprint density at radius 2 is 1.67 bits per heavy atom. The molecule has 39 heavy (non-hydrogen) atoms. The minimum Gasteiger partial charge on any atom is -0.481 e. The maximum Gasteiger partial charge on any atom is 0.307 e. The van der Waals surface area contributed by atoms with Crippen LogP contribution in [0.1, 0.15) is 48.2 Å². The monoisotopic (exact) mass is 515 g/mol. The molecule has 0 spiro atoms. The Bertz CT molecular complexity index is 1620. The zero-order chi connectivity index (χ0) is 27.5. The molecule has 0 saturated carbocycles. The highest BCUT2D eigenvalue weighted by atomic mass is 16.4. The molecule has 0 aliphatic heterocycles. The van der Waals surface area contributed by atoms with Crippen molar-refractivity contribution in [3.05, 3.63) is 126 Å². The number of ketones is 1. The summed E-state index contributed by atoms with van der Waals surface area (Å²) in [5.74, 6) is -1.58. The maximum absolute atomic E-state index is 12.5. The standard InChI is InChI=1S/C33H29N3O3/c1-21(34)32(22(2)37)26-14-15-27-28(25-12-8-9-23(17-25)18-31(38)39)20-36(30(27)19-26)33(24-10-4-3-5-11-24)29-13-6-7-16-35-29/h3-17,19-20,32-34H,18H2,1-2H3,(H,38,39). The average molecular weight is 516 g/mol. The number of nitrogens with zero attached hydrogens (tertiary/aromatic N) is 2. The first kappa shape index (κ1) is 25.8. The summed E-state index contributed by atoms with van der Waals surface area (Å²) in [6.07, 6.45) is 3.81. The third kappa shape index (κ3) is 5.27. The Kier molecular flexibility index (Phi) is 7.19. The number of hydrogen-bond acceptors (Lipinski definition) is 4. The van der Waals surface area contributed by atoms with Crippen LogP contribution in [0, 0.1) is 5.41 Å². The van der Waals surface area contributed by atoms with Gasteiger partial charge in [0, 0.05) is 34.6 Å². The van der Waals surface area contributed by atoms with Gasteiger partial charge in [-0.05, 0) is 54.3 Å². The fraction of sp³-hybridized carbons (Fsp3) is 0.152. The summed E-state index contributed by atoms with van der Waals surface area (Å²) in [6, 6.07) is 29.3. The van der Waals surface area contributed by atoms with Gasteiger partial charge in [-0.25, -0.2) is 0 Å². The van der Waals surface area contributed by atoms with Crippen molar-refractivity contribution < 1.29 is 14.7 Å². The predicted molar refractivity (Wildman–Crippen MR) is 153 cm³/mol. The molecule has 2 atom stereocenters. The summed E-state index contributed by atoms with van der Waals surface area (Å²) in [6.45, 7) is 3.18. The number of carboxylic acids is 1. The van der Waals surface area contributed by atoms with Gasteiger partial charge in [-0.2, -0.15) is 0 Å². The van der Waals surface area contributed by atoms with Crippen LogP contribution in [0.4, 0.5) is 0 Å². The zero-order valence-corrected chi connectivity index (χ0v) is 21.8. The van der Waals surface area contributed by atoms with E-state index in [1.807, 2.05) is 78.9 Å². The summed E-state index contributed by atoms with van der Waals surface area (Å²) in [4.78, 5) is 28.6. The second-order valence-corrected chi connectivity index (χ2v) is 9.79. The Morgan fingerprint density at radius 3 is 2.33 bits per heavy atom. The molecule has 0 aliphatic carbocycles. The van der Waals surface area contributed by atoms with E-state index in [2.05, 4.69) is 22.9 Å². The molecule has 194 valence electrons. The van der Waals surface area contributed by atoms with Crippen LogP contribution in [0.2, 0.25) is 0 Å². The van der Waals surface area contributed by atoms with Crippen molar-refractivity contribution in [3.63, 3.8) is 0 Å². The maximum atomic E-state index is 12.5. The number of aromatic nitrogens is 2. The lowest BCUT2D eigenvalue weighted by molar-refractivity contribution is -0.136. The molecule has 0 saturated heterocycles. The number of fused-ring (bicyclic) bond motifs is 1. The molecule has 3 aromatic carbocycles. The van der Waals surface area contributed by atoms with Crippen molar-refractivity contribution >= 4 is 28.4 Å². The second-order valence-electron chi connectivity index (χ2n) is 9.79. The van der Waals surface area contributed by atoms with Crippen LogP contribution in [-0.4, -0.2) is 32.1 Å². The fourth-order valence-electron chi connectivity index (χ4n) is 5.35. The Balaban J connectivity index is 1.80. The Morgan fingerprint density at radius 1 is 0.897 bits per heavy atom. The number of carbonyl (C=O) groups excluding carboxylic acids is 1. The van der Waals surface area contributed by atoms with Crippen LogP contribution in [0.5, 0.6) is 0 Å². The minimum atomic E-state index is -0.879. The lowest BCUT2D eigenvalue weighted by Crippen LogP contribution is -2.17. The van der Waals surface area contributed by atoms with Gasteiger partial charge in [0.25, 0.3) is 0 Å². The molecule has 0 aliphatic rings. The van der Waals surface area contributed by atoms with E-state index < -0.39 is 11.9 Å². The van der Waals surface area contributed by atoms with Gasteiger partial charge in [0.15, 0.2) is 0 Å². The molecule has 0 amide bonds. The number of benzene rings is 3. The van der Waals surface area contributed by atoms with Crippen molar-refractivity contribution in [2.24, 2.45) is 0 Å². The van der Waals surface area contributed by atoms with Crippen molar-refractivity contribution in [3.8, 4) is 11.1 Å². The van der Waals surface area contributed by atoms with Gasteiger partial charge in [-0.1, -0.05) is 72.8 Å². The van der Waals surface area contributed by atoms with Crippen LogP contribution >= 0.6 is 0 Å². The van der Waals surface area contributed by atoms with Crippen LogP contribution in [0.25, 0.3) is 22.0 Å². The Labute approximate surface area is 227 Å². The summed E-state index contributed by atoms with van der Waals surface area (Å²) >= 11 is 0. The number of carbonyl (C=O) groups is 2. The molecule has 2 N–H and O–H groups in total.